The Morgan fingerprint density at radius 2 is 1.88 bits per heavy atom. The standard InChI is InChI=1S/C19H22O5/c1-11-6-13-7-12(13)4-2-3-5-15(20)8-14-9-16(21)10-17(22)18(14)19(23)24-11/h2-5,9-13,15,20-22H,6-8H2,1H3/b4-2+,5-3+/t11-,12+,13+,15-/m1/s1. The molecule has 128 valence electrons. The molecule has 1 aliphatic heterocycles. The van der Waals surface area contributed by atoms with Crippen LogP contribution < -0.4 is 0 Å². The molecular formula is C19H22O5. The van der Waals surface area contributed by atoms with Crippen LogP contribution in [0.2, 0.25) is 0 Å². The number of aliphatic hydroxyl groups is 1. The van der Waals surface area contributed by atoms with Crippen molar-refractivity contribution in [2.45, 2.75) is 38.4 Å². The lowest BCUT2D eigenvalue weighted by atomic mass is 9.99. The molecule has 5 heteroatoms. The molecule has 0 spiro atoms. The summed E-state index contributed by atoms with van der Waals surface area (Å²) in [5.74, 6) is -0.137. The number of phenolic OH excluding ortho intramolecular Hbond substituents is 2. The molecule has 2 aliphatic rings. The summed E-state index contributed by atoms with van der Waals surface area (Å²) >= 11 is 0. The third kappa shape index (κ3) is 3.79. The topological polar surface area (TPSA) is 87.0 Å². The Morgan fingerprint density at radius 1 is 1.12 bits per heavy atom. The highest BCUT2D eigenvalue weighted by Crippen LogP contribution is 2.43. The number of cyclic esters (lactones) is 1. The van der Waals surface area contributed by atoms with Crippen LogP contribution in [-0.4, -0.2) is 33.5 Å². The number of phenols is 2. The molecule has 0 bridgehead atoms. The highest BCUT2D eigenvalue weighted by molar-refractivity contribution is 5.94. The van der Waals surface area contributed by atoms with E-state index in [0.29, 0.717) is 17.4 Å². The van der Waals surface area contributed by atoms with Gasteiger partial charge < -0.3 is 20.1 Å². The summed E-state index contributed by atoms with van der Waals surface area (Å²) in [5, 5.41) is 29.9. The molecule has 1 heterocycles. The Bertz CT molecular complexity index is 691. The SMILES string of the molecule is C[C@@H]1C[C@H]2C[C@@H]2/C=C/C=C/[C@@H](O)Cc2cc(O)cc(O)c2C(=O)O1. The van der Waals surface area contributed by atoms with Crippen LogP contribution in [0.5, 0.6) is 11.5 Å². The highest BCUT2D eigenvalue weighted by atomic mass is 16.5. The second-order valence-corrected chi connectivity index (χ2v) is 6.65. The van der Waals surface area contributed by atoms with Crippen molar-refractivity contribution in [2.75, 3.05) is 0 Å². The van der Waals surface area contributed by atoms with Crippen LogP contribution in [0.4, 0.5) is 0 Å². The first-order chi connectivity index (χ1) is 11.4. The van der Waals surface area contributed by atoms with Crippen molar-refractivity contribution in [1.82, 2.24) is 0 Å². The number of hydrogen-bond acceptors (Lipinski definition) is 5. The van der Waals surface area contributed by atoms with Gasteiger partial charge in [-0.05, 0) is 43.2 Å². The van der Waals surface area contributed by atoms with Crippen molar-refractivity contribution in [3.63, 3.8) is 0 Å². The zero-order valence-electron chi connectivity index (χ0n) is 13.6. The van der Waals surface area contributed by atoms with Crippen molar-refractivity contribution >= 4 is 5.97 Å². The molecule has 0 unspecified atom stereocenters. The van der Waals surface area contributed by atoms with E-state index in [2.05, 4.69) is 6.08 Å². The largest absolute Gasteiger partial charge is 0.508 e. The number of carbonyl (C=O) groups excluding carboxylic acids is 1. The molecule has 1 aromatic rings. The number of hydrogen-bond donors (Lipinski definition) is 3. The first-order valence-corrected chi connectivity index (χ1v) is 8.23. The summed E-state index contributed by atoms with van der Waals surface area (Å²) in [6.07, 6.45) is 8.30. The molecular weight excluding hydrogens is 308 g/mol. The van der Waals surface area contributed by atoms with E-state index in [9.17, 15) is 20.1 Å². The number of esters is 1. The molecule has 24 heavy (non-hydrogen) atoms. The predicted molar refractivity (Wildman–Crippen MR) is 88.9 cm³/mol. The van der Waals surface area contributed by atoms with Gasteiger partial charge in [0, 0.05) is 12.5 Å². The molecule has 1 saturated carbocycles. The minimum atomic E-state index is -0.835. The summed E-state index contributed by atoms with van der Waals surface area (Å²) in [6, 6.07) is 2.48. The van der Waals surface area contributed by atoms with Crippen LogP contribution in [0.3, 0.4) is 0 Å². The molecule has 0 amide bonds. The summed E-state index contributed by atoms with van der Waals surface area (Å²) < 4.78 is 5.47. The van der Waals surface area contributed by atoms with E-state index in [1.54, 1.807) is 12.2 Å². The fraction of sp³-hybridized carbons (Fsp3) is 0.421. The molecule has 0 radical (unpaired) electrons. The average Bonchev–Trinajstić information content (AvgIpc) is 3.19. The molecule has 1 fully saturated rings. The Hall–Kier alpha value is -2.27. The third-order valence-electron chi connectivity index (χ3n) is 4.54. The minimum absolute atomic E-state index is 0.00653. The van der Waals surface area contributed by atoms with Crippen molar-refractivity contribution in [3.05, 3.63) is 47.6 Å². The number of aliphatic hydroxyl groups excluding tert-OH is 1. The molecule has 1 aromatic carbocycles. The Balaban J connectivity index is 1.94. The maximum Gasteiger partial charge on any atom is 0.342 e. The number of rotatable bonds is 0. The van der Waals surface area contributed by atoms with E-state index in [-0.39, 0.29) is 29.6 Å². The van der Waals surface area contributed by atoms with Crippen LogP contribution >= 0.6 is 0 Å². The smallest absolute Gasteiger partial charge is 0.342 e. The normalized spacial score (nSPS) is 32.7. The van der Waals surface area contributed by atoms with Crippen LogP contribution in [0.25, 0.3) is 0 Å². The van der Waals surface area contributed by atoms with E-state index < -0.39 is 12.1 Å². The van der Waals surface area contributed by atoms with Crippen molar-refractivity contribution in [3.8, 4) is 11.5 Å². The monoisotopic (exact) mass is 330 g/mol. The van der Waals surface area contributed by atoms with Gasteiger partial charge in [0.2, 0.25) is 0 Å². The fourth-order valence-corrected chi connectivity index (χ4v) is 3.25. The predicted octanol–water partition coefficient (Wildman–Crippen LogP) is 2.70. The van der Waals surface area contributed by atoms with Crippen LogP contribution in [-0.2, 0) is 11.2 Å². The van der Waals surface area contributed by atoms with Gasteiger partial charge in [-0.15, -0.1) is 0 Å². The second kappa shape index (κ2) is 6.69. The first-order valence-electron chi connectivity index (χ1n) is 8.23. The summed E-state index contributed by atoms with van der Waals surface area (Å²) in [7, 11) is 0. The van der Waals surface area contributed by atoms with Gasteiger partial charge in [0.05, 0.1) is 12.2 Å². The third-order valence-corrected chi connectivity index (χ3v) is 4.54. The Kier molecular flexibility index (Phi) is 4.62. The maximum atomic E-state index is 12.5. The highest BCUT2D eigenvalue weighted by Gasteiger charge is 2.36. The zero-order chi connectivity index (χ0) is 17.3. The minimum Gasteiger partial charge on any atom is -0.508 e. The van der Waals surface area contributed by atoms with Crippen molar-refractivity contribution < 1.29 is 24.9 Å². The van der Waals surface area contributed by atoms with Gasteiger partial charge in [0.15, 0.2) is 0 Å². The van der Waals surface area contributed by atoms with E-state index in [1.165, 1.54) is 6.07 Å². The molecule has 3 rings (SSSR count). The number of benzene rings is 1. The first kappa shape index (κ1) is 16.6. The van der Waals surface area contributed by atoms with Gasteiger partial charge in [-0.3, -0.25) is 0 Å². The summed E-state index contributed by atoms with van der Waals surface area (Å²) in [5.41, 5.74) is 0.360. The van der Waals surface area contributed by atoms with Gasteiger partial charge in [-0.2, -0.15) is 0 Å². The van der Waals surface area contributed by atoms with Crippen LogP contribution in [0.1, 0.15) is 35.7 Å². The molecule has 1 aliphatic carbocycles. The fourth-order valence-electron chi connectivity index (χ4n) is 3.25. The lowest BCUT2D eigenvalue weighted by Gasteiger charge is -2.17. The molecule has 4 atom stereocenters. The lowest BCUT2D eigenvalue weighted by Crippen LogP contribution is -2.19. The van der Waals surface area contributed by atoms with E-state index in [1.807, 2.05) is 13.0 Å². The quantitative estimate of drug-likeness (QED) is 0.637. The van der Waals surface area contributed by atoms with E-state index in [4.69, 9.17) is 4.74 Å². The number of fused-ring (bicyclic) bond motifs is 2. The number of carbonyl (C=O) groups is 1. The Morgan fingerprint density at radius 3 is 2.67 bits per heavy atom. The van der Waals surface area contributed by atoms with Crippen LogP contribution in [0, 0.1) is 11.8 Å². The summed E-state index contributed by atoms with van der Waals surface area (Å²) in [4.78, 5) is 12.5. The van der Waals surface area contributed by atoms with Gasteiger partial charge in [0.25, 0.3) is 0 Å². The Labute approximate surface area is 140 Å². The molecule has 5 nitrogen and oxygen atoms in total. The number of allylic oxidation sites excluding steroid dienone is 3. The van der Waals surface area contributed by atoms with Crippen molar-refractivity contribution in [1.29, 1.82) is 0 Å². The maximum absolute atomic E-state index is 12.5. The average molecular weight is 330 g/mol. The lowest BCUT2D eigenvalue weighted by molar-refractivity contribution is 0.0306. The second-order valence-electron chi connectivity index (χ2n) is 6.65. The van der Waals surface area contributed by atoms with Gasteiger partial charge in [-0.25, -0.2) is 4.79 Å². The molecule has 3 N–H and O–H groups in total. The number of ether oxygens (including phenoxy) is 1. The van der Waals surface area contributed by atoms with Crippen LogP contribution in [0.15, 0.2) is 36.4 Å². The van der Waals surface area contributed by atoms with Crippen molar-refractivity contribution in [2.24, 2.45) is 11.8 Å². The van der Waals surface area contributed by atoms with E-state index >= 15 is 0 Å². The van der Waals surface area contributed by atoms with Gasteiger partial charge in [0.1, 0.15) is 17.1 Å². The van der Waals surface area contributed by atoms with Gasteiger partial charge in [-0.1, -0.05) is 24.3 Å². The summed E-state index contributed by atoms with van der Waals surface area (Å²) in [6.45, 7) is 1.84. The number of aromatic hydroxyl groups is 2. The zero-order valence-corrected chi connectivity index (χ0v) is 13.6. The van der Waals surface area contributed by atoms with E-state index in [0.717, 1.165) is 18.9 Å². The molecule has 0 saturated heterocycles. The van der Waals surface area contributed by atoms with Gasteiger partial charge >= 0.3 is 5.97 Å². The molecule has 0 aromatic heterocycles.